The average molecular weight is 404 g/mol. The van der Waals surface area contributed by atoms with Crippen LogP contribution in [0.1, 0.15) is 22.1 Å². The second-order valence-electron chi connectivity index (χ2n) is 6.32. The number of benzene rings is 2. The van der Waals surface area contributed by atoms with Gasteiger partial charge in [-0.1, -0.05) is 40.5 Å². The van der Waals surface area contributed by atoms with E-state index < -0.39 is 0 Å². The van der Waals surface area contributed by atoms with Gasteiger partial charge in [-0.25, -0.2) is 0 Å². The zero-order valence-corrected chi connectivity index (χ0v) is 16.5. The maximum absolute atomic E-state index is 12.5. The molecule has 7 heteroatoms. The van der Waals surface area contributed by atoms with Crippen LogP contribution in [0.25, 0.3) is 11.3 Å². The summed E-state index contributed by atoms with van der Waals surface area (Å²) < 4.78 is 5.28. The van der Waals surface area contributed by atoms with Crippen molar-refractivity contribution in [3.8, 4) is 11.3 Å². The fourth-order valence-corrected chi connectivity index (χ4v) is 2.95. The molecule has 0 fully saturated rings. The summed E-state index contributed by atoms with van der Waals surface area (Å²) in [4.78, 5) is 14.5. The Kier molecular flexibility index (Phi) is 6.16. The van der Waals surface area contributed by atoms with Crippen molar-refractivity contribution < 1.29 is 9.32 Å². The molecule has 0 aliphatic carbocycles. The molecule has 140 valence electrons. The first-order valence-corrected chi connectivity index (χ1v) is 9.12. The maximum atomic E-state index is 12.5. The molecule has 0 spiro atoms. The van der Waals surface area contributed by atoms with E-state index in [2.05, 4.69) is 10.5 Å². The van der Waals surface area contributed by atoms with Gasteiger partial charge in [-0.15, -0.1) is 0 Å². The molecule has 0 radical (unpaired) electrons. The second kappa shape index (κ2) is 8.57. The van der Waals surface area contributed by atoms with Crippen molar-refractivity contribution in [2.75, 3.05) is 20.6 Å². The first-order valence-electron chi connectivity index (χ1n) is 8.37. The van der Waals surface area contributed by atoms with Crippen LogP contribution in [-0.4, -0.2) is 36.6 Å². The Bertz CT molecular complexity index is 906. The summed E-state index contributed by atoms with van der Waals surface area (Å²) in [5.41, 5.74) is 2.10. The summed E-state index contributed by atoms with van der Waals surface area (Å²) in [5.74, 6) is 0.221. The third kappa shape index (κ3) is 4.89. The van der Waals surface area contributed by atoms with Gasteiger partial charge in [0.25, 0.3) is 5.91 Å². The van der Waals surface area contributed by atoms with Gasteiger partial charge in [-0.2, -0.15) is 0 Å². The molecular weight excluding hydrogens is 385 g/mol. The molecule has 1 amide bonds. The number of likely N-dealkylation sites (N-methyl/N-ethyl adjacent to an activating group) is 1. The quantitative estimate of drug-likeness (QED) is 0.648. The lowest BCUT2D eigenvalue weighted by molar-refractivity contribution is 0.0933. The van der Waals surface area contributed by atoms with Crippen LogP contribution in [0, 0.1) is 0 Å². The summed E-state index contributed by atoms with van der Waals surface area (Å²) in [6.45, 7) is 0.427. The van der Waals surface area contributed by atoms with E-state index in [1.54, 1.807) is 18.2 Å². The van der Waals surface area contributed by atoms with Crippen molar-refractivity contribution in [3.63, 3.8) is 0 Å². The third-order valence-electron chi connectivity index (χ3n) is 4.21. The Labute approximate surface area is 167 Å². The third-order valence-corrected chi connectivity index (χ3v) is 4.71. The van der Waals surface area contributed by atoms with Gasteiger partial charge in [0.05, 0.1) is 6.04 Å². The Hall–Kier alpha value is -2.34. The molecule has 27 heavy (non-hydrogen) atoms. The van der Waals surface area contributed by atoms with Crippen LogP contribution >= 0.6 is 23.2 Å². The molecular formula is C20H19Cl2N3O2. The minimum Gasteiger partial charge on any atom is -0.355 e. The van der Waals surface area contributed by atoms with E-state index >= 15 is 0 Å². The summed E-state index contributed by atoms with van der Waals surface area (Å²) in [7, 11) is 3.92. The molecule has 5 nitrogen and oxygen atoms in total. The molecule has 0 saturated carbocycles. The smallest absolute Gasteiger partial charge is 0.273 e. The minimum absolute atomic E-state index is 0.00820. The molecule has 1 N–H and O–H groups in total. The average Bonchev–Trinajstić information content (AvgIpc) is 3.14. The van der Waals surface area contributed by atoms with Gasteiger partial charge in [0.2, 0.25) is 0 Å². The lowest BCUT2D eigenvalue weighted by Gasteiger charge is -2.25. The summed E-state index contributed by atoms with van der Waals surface area (Å²) in [6.07, 6.45) is 0. The number of amides is 1. The summed E-state index contributed by atoms with van der Waals surface area (Å²) in [6, 6.07) is 16.3. The molecule has 0 aliphatic heterocycles. The monoisotopic (exact) mass is 403 g/mol. The van der Waals surface area contributed by atoms with Crippen molar-refractivity contribution in [1.82, 2.24) is 15.4 Å². The zero-order valence-electron chi connectivity index (χ0n) is 14.9. The largest absolute Gasteiger partial charge is 0.355 e. The van der Waals surface area contributed by atoms with Gasteiger partial charge < -0.3 is 14.7 Å². The van der Waals surface area contributed by atoms with Gasteiger partial charge in [-0.3, -0.25) is 4.79 Å². The number of nitrogens with one attached hydrogen (secondary N) is 1. The topological polar surface area (TPSA) is 58.4 Å². The number of hydrogen-bond donors (Lipinski definition) is 1. The number of carbonyl (C=O) groups excluding carboxylic acids is 1. The minimum atomic E-state index is -0.292. The first kappa shape index (κ1) is 19.4. The van der Waals surface area contributed by atoms with Crippen molar-refractivity contribution >= 4 is 29.1 Å². The summed E-state index contributed by atoms with van der Waals surface area (Å²) in [5, 5.41) is 8.09. The molecule has 2 aromatic carbocycles. The van der Waals surface area contributed by atoms with Crippen molar-refractivity contribution in [3.05, 3.63) is 75.9 Å². The highest BCUT2D eigenvalue weighted by Gasteiger charge is 2.18. The van der Waals surface area contributed by atoms with E-state index in [9.17, 15) is 4.79 Å². The van der Waals surface area contributed by atoms with Crippen molar-refractivity contribution in [1.29, 1.82) is 0 Å². The number of nitrogens with zero attached hydrogens (tertiary/aromatic N) is 2. The normalized spacial score (nSPS) is 12.2. The van der Waals surface area contributed by atoms with Crippen LogP contribution < -0.4 is 5.32 Å². The van der Waals surface area contributed by atoms with E-state index in [1.165, 1.54) is 0 Å². The SMILES string of the molecule is CN(C)[C@H](CNC(=O)c1cc(-c2ccc(Cl)cc2)on1)c1ccc(Cl)cc1. The van der Waals surface area contributed by atoms with Crippen LogP contribution in [0.5, 0.6) is 0 Å². The van der Waals surface area contributed by atoms with Crippen molar-refractivity contribution in [2.45, 2.75) is 6.04 Å². The molecule has 3 rings (SSSR count). The van der Waals surface area contributed by atoms with Crippen LogP contribution in [0.15, 0.2) is 59.1 Å². The highest BCUT2D eigenvalue weighted by molar-refractivity contribution is 6.30. The van der Waals surface area contributed by atoms with Crippen LogP contribution in [-0.2, 0) is 0 Å². The predicted octanol–water partition coefficient (Wildman–Crippen LogP) is 4.68. The highest BCUT2D eigenvalue weighted by atomic mass is 35.5. The van der Waals surface area contributed by atoms with Gasteiger partial charge in [0.15, 0.2) is 11.5 Å². The predicted molar refractivity (Wildman–Crippen MR) is 107 cm³/mol. The van der Waals surface area contributed by atoms with Crippen LogP contribution in [0.2, 0.25) is 10.0 Å². The van der Waals surface area contributed by atoms with Gasteiger partial charge in [-0.05, 0) is 56.1 Å². The van der Waals surface area contributed by atoms with Gasteiger partial charge in [0.1, 0.15) is 0 Å². The van der Waals surface area contributed by atoms with E-state index in [0.717, 1.165) is 11.1 Å². The molecule has 0 saturated heterocycles. The maximum Gasteiger partial charge on any atom is 0.273 e. The molecule has 3 aromatic rings. The van der Waals surface area contributed by atoms with E-state index in [-0.39, 0.29) is 17.6 Å². The number of hydrogen-bond acceptors (Lipinski definition) is 4. The zero-order chi connectivity index (χ0) is 19.4. The Morgan fingerprint density at radius 3 is 2.26 bits per heavy atom. The van der Waals surface area contributed by atoms with Gasteiger partial charge in [0, 0.05) is 28.2 Å². The molecule has 0 bridgehead atoms. The fourth-order valence-electron chi connectivity index (χ4n) is 2.70. The first-order chi connectivity index (χ1) is 12.9. The molecule has 1 aromatic heterocycles. The Balaban J connectivity index is 1.67. The molecule has 0 aliphatic rings. The highest BCUT2D eigenvalue weighted by Crippen LogP contribution is 2.23. The standard InChI is InChI=1S/C20H19Cl2N3O2/c1-25(2)18(13-3-7-15(21)8-4-13)12-23-20(26)17-11-19(27-24-17)14-5-9-16(22)10-6-14/h3-11,18H,12H2,1-2H3,(H,23,26)/t18-/m1/s1. The number of halogens is 2. The van der Waals surface area contributed by atoms with E-state index in [0.29, 0.717) is 22.4 Å². The summed E-state index contributed by atoms with van der Waals surface area (Å²) >= 11 is 11.8. The van der Waals surface area contributed by atoms with Gasteiger partial charge >= 0.3 is 0 Å². The number of carbonyl (C=O) groups is 1. The lowest BCUT2D eigenvalue weighted by atomic mass is 10.1. The Morgan fingerprint density at radius 2 is 1.67 bits per heavy atom. The van der Waals surface area contributed by atoms with Crippen molar-refractivity contribution in [2.24, 2.45) is 0 Å². The molecule has 1 atom stereocenters. The number of aromatic nitrogens is 1. The lowest BCUT2D eigenvalue weighted by Crippen LogP contribution is -2.34. The van der Waals surface area contributed by atoms with Crippen LogP contribution in [0.3, 0.4) is 0 Å². The van der Waals surface area contributed by atoms with E-state index in [1.807, 2.05) is 55.4 Å². The Morgan fingerprint density at radius 1 is 1.07 bits per heavy atom. The fraction of sp³-hybridized carbons (Fsp3) is 0.200. The van der Waals surface area contributed by atoms with Crippen LogP contribution in [0.4, 0.5) is 0 Å². The molecule has 0 unspecified atom stereocenters. The van der Waals surface area contributed by atoms with E-state index in [4.69, 9.17) is 27.7 Å². The number of rotatable bonds is 6. The second-order valence-corrected chi connectivity index (χ2v) is 7.20. The molecule has 1 heterocycles.